The Balaban J connectivity index is 1.44. The van der Waals surface area contributed by atoms with Gasteiger partial charge in [0.15, 0.2) is 5.82 Å². The first-order valence-electron chi connectivity index (χ1n) is 8.97. The standard InChI is InChI=1S/C18H22ClN5O3S/c1-13-20-16(22-27-13)11-28-12-17(25)23-6-3-7-24(9-8-23)18(26)21-15-5-2-4-14(19)10-15/h2,4-5,10H,3,6-9,11-12H2,1H3,(H,21,26). The Morgan fingerprint density at radius 1 is 1.25 bits per heavy atom. The Morgan fingerprint density at radius 3 is 2.79 bits per heavy atom. The van der Waals surface area contributed by atoms with Crippen molar-refractivity contribution in [3.05, 3.63) is 41.0 Å². The molecule has 3 rings (SSSR count). The van der Waals surface area contributed by atoms with Crippen molar-refractivity contribution in [2.45, 2.75) is 19.1 Å². The number of aryl methyl sites for hydroxylation is 1. The zero-order valence-corrected chi connectivity index (χ0v) is 17.1. The van der Waals surface area contributed by atoms with Crippen molar-refractivity contribution in [1.29, 1.82) is 0 Å². The first-order chi connectivity index (χ1) is 13.5. The molecule has 2 aromatic rings. The molecule has 28 heavy (non-hydrogen) atoms. The van der Waals surface area contributed by atoms with E-state index in [0.29, 0.717) is 60.1 Å². The van der Waals surface area contributed by atoms with Gasteiger partial charge < -0.3 is 19.6 Å². The van der Waals surface area contributed by atoms with Gasteiger partial charge in [0, 0.05) is 43.8 Å². The number of carbonyl (C=O) groups excluding carboxylic acids is 2. The molecule has 0 spiro atoms. The van der Waals surface area contributed by atoms with Gasteiger partial charge in [0.1, 0.15) is 0 Å². The lowest BCUT2D eigenvalue weighted by molar-refractivity contribution is -0.128. The summed E-state index contributed by atoms with van der Waals surface area (Å²) in [6.07, 6.45) is 0.739. The van der Waals surface area contributed by atoms with Gasteiger partial charge in [-0.1, -0.05) is 22.8 Å². The van der Waals surface area contributed by atoms with Crippen molar-refractivity contribution in [1.82, 2.24) is 19.9 Å². The van der Waals surface area contributed by atoms with Gasteiger partial charge in [0.2, 0.25) is 11.8 Å². The Morgan fingerprint density at radius 2 is 2.04 bits per heavy atom. The van der Waals surface area contributed by atoms with Crippen molar-refractivity contribution in [3.63, 3.8) is 0 Å². The van der Waals surface area contributed by atoms with Crippen LogP contribution < -0.4 is 5.32 Å². The Kier molecular flexibility index (Phi) is 7.16. The number of urea groups is 1. The molecule has 10 heteroatoms. The van der Waals surface area contributed by atoms with Crippen LogP contribution in [0.3, 0.4) is 0 Å². The molecule has 0 radical (unpaired) electrons. The van der Waals surface area contributed by atoms with Gasteiger partial charge in [0.05, 0.1) is 11.5 Å². The minimum Gasteiger partial charge on any atom is -0.340 e. The second kappa shape index (κ2) is 9.79. The summed E-state index contributed by atoms with van der Waals surface area (Å²) in [6, 6.07) is 6.85. The SMILES string of the molecule is Cc1nc(CSCC(=O)N2CCCN(C(=O)Nc3cccc(Cl)c3)CC2)no1. The molecule has 0 bridgehead atoms. The molecule has 0 unspecified atom stereocenters. The van der Waals surface area contributed by atoms with Gasteiger partial charge in [-0.2, -0.15) is 4.98 Å². The monoisotopic (exact) mass is 423 g/mol. The molecule has 0 aliphatic carbocycles. The van der Waals surface area contributed by atoms with Crippen LogP contribution in [0, 0.1) is 6.92 Å². The molecule has 1 fully saturated rings. The predicted octanol–water partition coefficient (Wildman–Crippen LogP) is 3.03. The fraction of sp³-hybridized carbons (Fsp3) is 0.444. The smallest absolute Gasteiger partial charge is 0.321 e. The molecule has 1 aromatic carbocycles. The number of benzene rings is 1. The molecule has 0 atom stereocenters. The molecular weight excluding hydrogens is 402 g/mol. The van der Waals surface area contributed by atoms with Crippen molar-refractivity contribution in [2.24, 2.45) is 0 Å². The number of anilines is 1. The Hall–Kier alpha value is -2.26. The van der Waals surface area contributed by atoms with Crippen LogP contribution in [0.25, 0.3) is 0 Å². The van der Waals surface area contributed by atoms with Crippen LogP contribution in [-0.4, -0.2) is 63.8 Å². The van der Waals surface area contributed by atoms with E-state index >= 15 is 0 Å². The number of rotatable bonds is 5. The lowest BCUT2D eigenvalue weighted by Crippen LogP contribution is -2.39. The topological polar surface area (TPSA) is 91.6 Å². The summed E-state index contributed by atoms with van der Waals surface area (Å²) >= 11 is 7.41. The number of aromatic nitrogens is 2. The van der Waals surface area contributed by atoms with Crippen molar-refractivity contribution in [3.8, 4) is 0 Å². The number of hydrogen-bond donors (Lipinski definition) is 1. The first kappa shape index (κ1) is 20.5. The van der Waals surface area contributed by atoms with Crippen molar-refractivity contribution >= 4 is 41.0 Å². The van der Waals surface area contributed by atoms with E-state index in [2.05, 4.69) is 15.5 Å². The average Bonchev–Trinajstić information content (AvgIpc) is 2.92. The van der Waals surface area contributed by atoms with Crippen LogP contribution in [0.5, 0.6) is 0 Å². The van der Waals surface area contributed by atoms with Crippen LogP contribution in [0.4, 0.5) is 10.5 Å². The van der Waals surface area contributed by atoms with Crippen molar-refractivity contribution in [2.75, 3.05) is 37.2 Å². The molecule has 0 saturated carbocycles. The van der Waals surface area contributed by atoms with Crippen LogP contribution in [0.2, 0.25) is 5.02 Å². The summed E-state index contributed by atoms with van der Waals surface area (Å²) in [6.45, 7) is 3.99. The average molecular weight is 424 g/mol. The van der Waals surface area contributed by atoms with Gasteiger partial charge in [0.25, 0.3) is 0 Å². The zero-order valence-electron chi connectivity index (χ0n) is 15.6. The molecule has 2 heterocycles. The van der Waals surface area contributed by atoms with E-state index in [9.17, 15) is 9.59 Å². The maximum absolute atomic E-state index is 12.5. The summed E-state index contributed by atoms with van der Waals surface area (Å²) in [5.41, 5.74) is 0.655. The second-order valence-corrected chi connectivity index (χ2v) is 7.81. The van der Waals surface area contributed by atoms with Crippen LogP contribution in [0.1, 0.15) is 18.1 Å². The molecule has 1 saturated heterocycles. The quantitative estimate of drug-likeness (QED) is 0.794. The number of halogens is 1. The maximum atomic E-state index is 12.5. The molecule has 150 valence electrons. The van der Waals surface area contributed by atoms with E-state index < -0.39 is 0 Å². The number of nitrogens with zero attached hydrogens (tertiary/aromatic N) is 4. The maximum Gasteiger partial charge on any atom is 0.321 e. The highest BCUT2D eigenvalue weighted by Gasteiger charge is 2.22. The third-order valence-electron chi connectivity index (χ3n) is 4.24. The van der Waals surface area contributed by atoms with E-state index in [-0.39, 0.29) is 11.9 Å². The number of nitrogens with one attached hydrogen (secondary N) is 1. The van der Waals surface area contributed by atoms with Crippen LogP contribution >= 0.6 is 23.4 Å². The summed E-state index contributed by atoms with van der Waals surface area (Å²) < 4.78 is 4.92. The molecule has 1 aliphatic rings. The fourth-order valence-corrected chi connectivity index (χ4v) is 3.81. The van der Waals surface area contributed by atoms with Crippen LogP contribution in [-0.2, 0) is 10.5 Å². The fourth-order valence-electron chi connectivity index (χ4n) is 2.86. The molecular formula is C18H22ClN5O3S. The molecule has 1 N–H and O–H groups in total. The molecule has 8 nitrogen and oxygen atoms in total. The van der Waals surface area contributed by atoms with Gasteiger partial charge >= 0.3 is 6.03 Å². The largest absolute Gasteiger partial charge is 0.340 e. The summed E-state index contributed by atoms with van der Waals surface area (Å²) in [7, 11) is 0. The van der Waals surface area contributed by atoms with Crippen molar-refractivity contribution < 1.29 is 14.1 Å². The number of carbonyl (C=O) groups is 2. The summed E-state index contributed by atoms with van der Waals surface area (Å²) in [4.78, 5) is 32.6. The number of hydrogen-bond acceptors (Lipinski definition) is 6. The second-order valence-electron chi connectivity index (χ2n) is 6.38. The van der Waals surface area contributed by atoms with Crippen LogP contribution in [0.15, 0.2) is 28.8 Å². The molecule has 1 aromatic heterocycles. The lowest BCUT2D eigenvalue weighted by Gasteiger charge is -2.22. The normalized spacial score (nSPS) is 14.6. The molecule has 1 aliphatic heterocycles. The summed E-state index contributed by atoms with van der Waals surface area (Å²) in [5.74, 6) is 2.05. The summed E-state index contributed by atoms with van der Waals surface area (Å²) in [5, 5.41) is 7.24. The highest BCUT2D eigenvalue weighted by atomic mass is 35.5. The van der Waals surface area contributed by atoms with Gasteiger partial charge in [-0.05, 0) is 24.6 Å². The minimum absolute atomic E-state index is 0.0577. The van der Waals surface area contributed by atoms with E-state index in [4.69, 9.17) is 16.1 Å². The Bertz CT molecular complexity index is 831. The lowest BCUT2D eigenvalue weighted by atomic mass is 10.3. The number of amides is 3. The van der Waals surface area contributed by atoms with E-state index in [1.807, 2.05) is 0 Å². The van der Waals surface area contributed by atoms with E-state index in [0.717, 1.165) is 6.42 Å². The first-order valence-corrected chi connectivity index (χ1v) is 10.5. The molecule has 3 amide bonds. The van der Waals surface area contributed by atoms with Gasteiger partial charge in [-0.15, -0.1) is 11.8 Å². The predicted molar refractivity (Wildman–Crippen MR) is 108 cm³/mol. The van der Waals surface area contributed by atoms with Gasteiger partial charge in [-0.3, -0.25) is 4.79 Å². The van der Waals surface area contributed by atoms with E-state index in [1.165, 1.54) is 11.8 Å². The van der Waals surface area contributed by atoms with Gasteiger partial charge in [-0.25, -0.2) is 4.79 Å². The Labute approximate surface area is 172 Å². The highest BCUT2D eigenvalue weighted by molar-refractivity contribution is 7.99. The third-order valence-corrected chi connectivity index (χ3v) is 5.39. The highest BCUT2D eigenvalue weighted by Crippen LogP contribution is 2.16. The number of thioether (sulfide) groups is 1. The zero-order chi connectivity index (χ0) is 19.9. The minimum atomic E-state index is -0.182. The van der Waals surface area contributed by atoms with E-state index in [1.54, 1.807) is 41.0 Å². The third kappa shape index (κ3) is 5.87.